The molecule has 0 aliphatic heterocycles. The Morgan fingerprint density at radius 1 is 1.13 bits per heavy atom. The first-order chi connectivity index (χ1) is 11.3. The normalized spacial score (nSPS) is 11.4. The zero-order valence-corrected chi connectivity index (χ0v) is 13.0. The molecular formula is C17H16N4O2. The van der Waals surface area contributed by atoms with Crippen LogP contribution < -0.4 is 0 Å². The number of hydrogen-bond acceptors (Lipinski definition) is 5. The molecule has 1 N–H and O–H groups in total. The molecule has 0 spiro atoms. The third kappa shape index (κ3) is 2.32. The first-order valence-electron chi connectivity index (χ1n) is 7.59. The van der Waals surface area contributed by atoms with Crippen molar-refractivity contribution in [3.05, 3.63) is 53.4 Å². The fraction of sp³-hybridized carbons (Fsp3) is 0.235. The lowest BCUT2D eigenvalue weighted by Gasteiger charge is -1.94. The van der Waals surface area contributed by atoms with Gasteiger partial charge >= 0.3 is 0 Å². The molecule has 4 rings (SSSR count). The molecule has 0 aliphatic rings. The second kappa shape index (κ2) is 5.39. The molecule has 3 heterocycles. The van der Waals surface area contributed by atoms with Crippen molar-refractivity contribution in [2.45, 2.75) is 26.7 Å². The number of nitrogens with one attached hydrogen (secondary N) is 1. The number of rotatable bonds is 4. The van der Waals surface area contributed by atoms with E-state index in [0.717, 1.165) is 28.8 Å². The van der Waals surface area contributed by atoms with Gasteiger partial charge in [-0.05, 0) is 25.0 Å². The van der Waals surface area contributed by atoms with E-state index < -0.39 is 0 Å². The van der Waals surface area contributed by atoms with Gasteiger partial charge in [-0.25, -0.2) is 0 Å². The van der Waals surface area contributed by atoms with Crippen LogP contribution in [0, 0.1) is 6.92 Å². The summed E-state index contributed by atoms with van der Waals surface area (Å²) in [5.41, 5.74) is 3.92. The first kappa shape index (κ1) is 13.8. The summed E-state index contributed by atoms with van der Waals surface area (Å²) in [4.78, 5) is 7.77. The highest BCUT2D eigenvalue weighted by Gasteiger charge is 2.19. The molecule has 0 bridgehead atoms. The Balaban J connectivity index is 1.67. The third-order valence-electron chi connectivity index (χ3n) is 3.98. The Kier molecular flexibility index (Phi) is 3.22. The van der Waals surface area contributed by atoms with Crippen LogP contribution in [0.15, 0.2) is 39.5 Å². The Hall–Kier alpha value is -2.89. The van der Waals surface area contributed by atoms with Gasteiger partial charge in [-0.1, -0.05) is 35.4 Å². The number of aromatic nitrogens is 4. The molecule has 0 saturated carbocycles. The molecular weight excluding hydrogens is 292 g/mol. The SMILES string of the molecule is CCc1noc(C)c1-c1noc(Cc2c[nH]c3ccccc23)n1. The van der Waals surface area contributed by atoms with Gasteiger partial charge in [0.25, 0.3) is 0 Å². The molecule has 3 aromatic heterocycles. The average molecular weight is 308 g/mol. The summed E-state index contributed by atoms with van der Waals surface area (Å²) in [6.07, 6.45) is 3.33. The van der Waals surface area contributed by atoms with Crippen LogP contribution in [0.2, 0.25) is 0 Å². The lowest BCUT2D eigenvalue weighted by molar-refractivity contribution is 0.385. The van der Waals surface area contributed by atoms with Crippen molar-refractivity contribution in [2.24, 2.45) is 0 Å². The van der Waals surface area contributed by atoms with Gasteiger partial charge in [-0.2, -0.15) is 4.98 Å². The first-order valence-corrected chi connectivity index (χ1v) is 7.59. The summed E-state index contributed by atoms with van der Waals surface area (Å²) in [6.45, 7) is 3.88. The van der Waals surface area contributed by atoms with Gasteiger partial charge in [0.2, 0.25) is 11.7 Å². The van der Waals surface area contributed by atoms with E-state index in [-0.39, 0.29) is 0 Å². The van der Waals surface area contributed by atoms with Crippen LogP contribution in [0.3, 0.4) is 0 Å². The zero-order valence-electron chi connectivity index (χ0n) is 13.0. The van der Waals surface area contributed by atoms with Gasteiger partial charge in [0.05, 0.1) is 17.7 Å². The molecule has 0 fully saturated rings. The molecule has 6 heteroatoms. The van der Waals surface area contributed by atoms with Crippen LogP contribution in [0.4, 0.5) is 0 Å². The van der Waals surface area contributed by atoms with Gasteiger partial charge in [0.15, 0.2) is 0 Å². The Morgan fingerprint density at radius 3 is 2.87 bits per heavy atom. The van der Waals surface area contributed by atoms with Crippen molar-refractivity contribution >= 4 is 10.9 Å². The van der Waals surface area contributed by atoms with Crippen molar-refractivity contribution < 1.29 is 9.05 Å². The maximum absolute atomic E-state index is 5.42. The number of aromatic amines is 1. The fourth-order valence-electron chi connectivity index (χ4n) is 2.81. The van der Waals surface area contributed by atoms with E-state index in [1.165, 1.54) is 5.39 Å². The van der Waals surface area contributed by atoms with Crippen LogP contribution in [-0.2, 0) is 12.8 Å². The van der Waals surface area contributed by atoms with Gasteiger partial charge in [-0.15, -0.1) is 0 Å². The van der Waals surface area contributed by atoms with Gasteiger partial charge in [0, 0.05) is 17.1 Å². The van der Waals surface area contributed by atoms with Crippen LogP contribution in [0.1, 0.15) is 29.8 Å². The summed E-state index contributed by atoms with van der Waals surface area (Å²) in [7, 11) is 0. The Morgan fingerprint density at radius 2 is 2.00 bits per heavy atom. The molecule has 0 amide bonds. The lowest BCUT2D eigenvalue weighted by atomic mass is 10.1. The molecule has 0 atom stereocenters. The van der Waals surface area contributed by atoms with E-state index in [4.69, 9.17) is 9.05 Å². The molecule has 4 aromatic rings. The quantitative estimate of drug-likeness (QED) is 0.622. The van der Waals surface area contributed by atoms with Crippen molar-refractivity contribution in [1.82, 2.24) is 20.3 Å². The minimum Gasteiger partial charge on any atom is -0.361 e. The number of para-hydroxylation sites is 1. The monoisotopic (exact) mass is 308 g/mol. The summed E-state index contributed by atoms with van der Waals surface area (Å²) < 4.78 is 10.7. The van der Waals surface area contributed by atoms with E-state index in [0.29, 0.717) is 23.9 Å². The topological polar surface area (TPSA) is 80.7 Å². The summed E-state index contributed by atoms with van der Waals surface area (Å²) in [5.74, 6) is 1.82. The number of H-pyrrole nitrogens is 1. The van der Waals surface area contributed by atoms with E-state index >= 15 is 0 Å². The molecule has 116 valence electrons. The zero-order chi connectivity index (χ0) is 15.8. The fourth-order valence-corrected chi connectivity index (χ4v) is 2.81. The minimum atomic E-state index is 0.537. The average Bonchev–Trinajstić information content (AvgIpc) is 3.27. The van der Waals surface area contributed by atoms with Gasteiger partial charge in [-0.3, -0.25) is 0 Å². The van der Waals surface area contributed by atoms with E-state index in [2.05, 4.69) is 26.3 Å². The molecule has 6 nitrogen and oxygen atoms in total. The highest BCUT2D eigenvalue weighted by molar-refractivity contribution is 5.83. The standard InChI is InChI=1S/C17H16N4O2/c1-3-13-16(10(2)22-20-13)17-19-15(23-21-17)8-11-9-18-14-7-5-4-6-12(11)14/h4-7,9,18H,3,8H2,1-2H3. The highest BCUT2D eigenvalue weighted by Crippen LogP contribution is 2.26. The molecule has 0 unspecified atom stereocenters. The lowest BCUT2D eigenvalue weighted by Crippen LogP contribution is -1.90. The van der Waals surface area contributed by atoms with E-state index in [1.807, 2.05) is 38.2 Å². The van der Waals surface area contributed by atoms with Crippen LogP contribution in [0.25, 0.3) is 22.3 Å². The number of aryl methyl sites for hydroxylation is 2. The molecule has 0 radical (unpaired) electrons. The van der Waals surface area contributed by atoms with Crippen LogP contribution in [-0.4, -0.2) is 20.3 Å². The van der Waals surface area contributed by atoms with Gasteiger partial charge in [0.1, 0.15) is 5.76 Å². The van der Waals surface area contributed by atoms with E-state index in [1.54, 1.807) is 0 Å². The number of nitrogens with zero attached hydrogens (tertiary/aromatic N) is 3. The van der Waals surface area contributed by atoms with Crippen molar-refractivity contribution in [1.29, 1.82) is 0 Å². The number of hydrogen-bond donors (Lipinski definition) is 1. The second-order valence-corrected chi connectivity index (χ2v) is 5.46. The predicted octanol–water partition coefficient (Wildman–Crippen LogP) is 3.67. The maximum atomic E-state index is 5.42. The number of fused-ring (bicyclic) bond motifs is 1. The van der Waals surface area contributed by atoms with Crippen LogP contribution >= 0.6 is 0 Å². The summed E-state index contributed by atoms with van der Waals surface area (Å²) >= 11 is 0. The minimum absolute atomic E-state index is 0.537. The van der Waals surface area contributed by atoms with Gasteiger partial charge < -0.3 is 14.0 Å². The summed E-state index contributed by atoms with van der Waals surface area (Å²) in [5, 5.41) is 9.30. The Labute approximate surface area is 132 Å². The van der Waals surface area contributed by atoms with E-state index in [9.17, 15) is 0 Å². The molecule has 1 aromatic carbocycles. The predicted molar refractivity (Wildman–Crippen MR) is 85.0 cm³/mol. The highest BCUT2D eigenvalue weighted by atomic mass is 16.5. The Bertz CT molecular complexity index is 964. The second-order valence-electron chi connectivity index (χ2n) is 5.46. The molecule has 23 heavy (non-hydrogen) atoms. The summed E-state index contributed by atoms with van der Waals surface area (Å²) in [6, 6.07) is 8.16. The molecule has 0 aliphatic carbocycles. The van der Waals surface area contributed by atoms with Crippen molar-refractivity contribution in [3.63, 3.8) is 0 Å². The smallest absolute Gasteiger partial charge is 0.231 e. The van der Waals surface area contributed by atoms with Crippen molar-refractivity contribution in [2.75, 3.05) is 0 Å². The third-order valence-corrected chi connectivity index (χ3v) is 3.98. The van der Waals surface area contributed by atoms with Crippen molar-refractivity contribution in [3.8, 4) is 11.4 Å². The van der Waals surface area contributed by atoms with Crippen LogP contribution in [0.5, 0.6) is 0 Å². The maximum Gasteiger partial charge on any atom is 0.231 e. The number of benzene rings is 1. The largest absolute Gasteiger partial charge is 0.361 e. The molecule has 0 saturated heterocycles.